The maximum atomic E-state index is 13.2. The zero-order valence-electron chi connectivity index (χ0n) is 16.9. The van der Waals surface area contributed by atoms with Crippen molar-refractivity contribution in [2.45, 2.75) is 58.5 Å². The number of esters is 2. The Labute approximate surface area is 161 Å². The smallest absolute Gasteiger partial charge is 0.314 e. The number of carbonyl (C=O) groups excluding carboxylic acids is 2. The number of ether oxygens (including phenoxy) is 2. The van der Waals surface area contributed by atoms with E-state index in [0.717, 1.165) is 32.1 Å². The molecule has 8 atom stereocenters. The summed E-state index contributed by atoms with van der Waals surface area (Å²) in [5.74, 6) is -0.545. The highest BCUT2D eigenvalue weighted by molar-refractivity contribution is 5.82. The summed E-state index contributed by atoms with van der Waals surface area (Å²) in [4.78, 5) is 26.1. The molecule has 0 saturated heterocycles. The molecule has 4 aliphatic rings. The lowest BCUT2D eigenvalue weighted by Crippen LogP contribution is -2.57. The normalized spacial score (nSPS) is 50.7. The van der Waals surface area contributed by atoms with E-state index in [9.17, 15) is 14.7 Å². The minimum absolute atomic E-state index is 0.198. The molecule has 1 N–H and O–H groups in total. The topological polar surface area (TPSA) is 72.8 Å². The zero-order chi connectivity index (χ0) is 19.8. The van der Waals surface area contributed by atoms with Gasteiger partial charge in [0.1, 0.15) is 0 Å². The van der Waals surface area contributed by atoms with Crippen molar-refractivity contribution in [2.75, 3.05) is 14.2 Å². The Morgan fingerprint density at radius 3 is 2.48 bits per heavy atom. The molecule has 8 unspecified atom stereocenters. The number of allylic oxidation sites excluding steroid dienone is 1. The number of aliphatic hydroxyl groups is 1. The maximum Gasteiger partial charge on any atom is 0.314 e. The molecule has 0 aromatic rings. The summed E-state index contributed by atoms with van der Waals surface area (Å²) in [6, 6.07) is 0. The van der Waals surface area contributed by atoms with Gasteiger partial charge >= 0.3 is 11.9 Å². The fourth-order valence-corrected chi connectivity index (χ4v) is 8.14. The number of carbonyl (C=O) groups is 2. The summed E-state index contributed by atoms with van der Waals surface area (Å²) >= 11 is 0. The molecule has 4 saturated carbocycles. The molecule has 5 nitrogen and oxygen atoms in total. The molecule has 0 heterocycles. The monoisotopic (exact) mass is 376 g/mol. The molecule has 27 heavy (non-hydrogen) atoms. The number of hydrogen-bond acceptors (Lipinski definition) is 5. The molecule has 4 fully saturated rings. The van der Waals surface area contributed by atoms with Gasteiger partial charge in [-0.05, 0) is 74.0 Å². The van der Waals surface area contributed by atoms with Gasteiger partial charge < -0.3 is 14.6 Å². The largest absolute Gasteiger partial charge is 0.469 e. The summed E-state index contributed by atoms with van der Waals surface area (Å²) in [6.07, 6.45) is 4.52. The van der Waals surface area contributed by atoms with E-state index in [1.54, 1.807) is 6.92 Å². The molecule has 1 spiro atoms. The Morgan fingerprint density at radius 2 is 1.85 bits per heavy atom. The third-order valence-corrected chi connectivity index (χ3v) is 9.09. The van der Waals surface area contributed by atoms with E-state index in [-0.39, 0.29) is 22.7 Å². The fourth-order valence-electron chi connectivity index (χ4n) is 8.14. The molecule has 150 valence electrons. The van der Waals surface area contributed by atoms with E-state index in [4.69, 9.17) is 9.47 Å². The van der Waals surface area contributed by atoms with Crippen molar-refractivity contribution in [3.63, 3.8) is 0 Å². The minimum Gasteiger partial charge on any atom is -0.469 e. The van der Waals surface area contributed by atoms with Crippen LogP contribution >= 0.6 is 0 Å². The van der Waals surface area contributed by atoms with Gasteiger partial charge in [-0.2, -0.15) is 0 Å². The fraction of sp³-hybridized carbons (Fsp3) is 0.818. The van der Waals surface area contributed by atoms with Crippen LogP contribution in [0.2, 0.25) is 0 Å². The number of hydrogen-bond donors (Lipinski definition) is 1. The van der Waals surface area contributed by atoms with Gasteiger partial charge in [0, 0.05) is 0 Å². The summed E-state index contributed by atoms with van der Waals surface area (Å²) in [5, 5.41) is 10.9. The van der Waals surface area contributed by atoms with Gasteiger partial charge in [0.25, 0.3) is 0 Å². The van der Waals surface area contributed by atoms with Crippen LogP contribution in [0.25, 0.3) is 0 Å². The lowest BCUT2D eigenvalue weighted by Gasteiger charge is -2.52. The van der Waals surface area contributed by atoms with Crippen LogP contribution in [0.3, 0.4) is 0 Å². The lowest BCUT2D eigenvalue weighted by atomic mass is 9.52. The Hall–Kier alpha value is -1.36. The molecular weight excluding hydrogens is 344 g/mol. The average Bonchev–Trinajstić information content (AvgIpc) is 3.04. The third kappa shape index (κ3) is 2.10. The molecule has 0 radical (unpaired) electrons. The standard InChI is InChI=1S/C22H32O5/c1-12-10-22-11-13(12)6-7-14(22)20(2)9-8-15(23)21(3,19(25)27-5)17(20)16(22)18(24)26-4/h13-17,23H,1,6-11H2,2-5H3. The molecular formula is C22H32O5. The van der Waals surface area contributed by atoms with Gasteiger partial charge in [0.05, 0.1) is 31.7 Å². The van der Waals surface area contributed by atoms with Crippen molar-refractivity contribution < 1.29 is 24.2 Å². The quantitative estimate of drug-likeness (QED) is 0.592. The molecule has 4 aliphatic carbocycles. The van der Waals surface area contributed by atoms with Gasteiger partial charge in [-0.15, -0.1) is 0 Å². The maximum absolute atomic E-state index is 13.2. The van der Waals surface area contributed by atoms with Crippen molar-refractivity contribution in [3.8, 4) is 0 Å². The first-order chi connectivity index (χ1) is 12.7. The highest BCUT2D eigenvalue weighted by Crippen LogP contribution is 2.77. The summed E-state index contributed by atoms with van der Waals surface area (Å²) in [6.45, 7) is 8.36. The van der Waals surface area contributed by atoms with Crippen LogP contribution in [-0.2, 0) is 19.1 Å². The van der Waals surface area contributed by atoms with E-state index in [1.807, 2.05) is 0 Å². The second-order valence-electron chi connectivity index (χ2n) is 9.91. The number of methoxy groups -OCH3 is 2. The first-order valence-corrected chi connectivity index (χ1v) is 10.2. The van der Waals surface area contributed by atoms with Crippen LogP contribution in [0.5, 0.6) is 0 Å². The van der Waals surface area contributed by atoms with Gasteiger partial charge in [-0.3, -0.25) is 9.59 Å². The Morgan fingerprint density at radius 1 is 1.15 bits per heavy atom. The minimum atomic E-state index is -1.11. The van der Waals surface area contributed by atoms with Crippen molar-refractivity contribution in [1.29, 1.82) is 0 Å². The SMILES string of the molecule is C=C1CC23CC1CCC2C1(C)CCC(O)C(C)(C(=O)OC)C1C3C(=O)OC. The highest BCUT2D eigenvalue weighted by atomic mass is 16.5. The molecule has 0 aliphatic heterocycles. The zero-order valence-corrected chi connectivity index (χ0v) is 16.9. The number of fused-ring (bicyclic) bond motifs is 3. The van der Waals surface area contributed by atoms with Gasteiger partial charge in [0.15, 0.2) is 0 Å². The van der Waals surface area contributed by atoms with E-state index >= 15 is 0 Å². The van der Waals surface area contributed by atoms with Crippen molar-refractivity contribution in [2.24, 2.45) is 39.9 Å². The lowest BCUT2D eigenvalue weighted by molar-refractivity contribution is -0.185. The van der Waals surface area contributed by atoms with Crippen LogP contribution in [0.1, 0.15) is 52.4 Å². The Kier molecular flexibility index (Phi) is 4.09. The van der Waals surface area contributed by atoms with Gasteiger partial charge in [0.2, 0.25) is 0 Å². The predicted octanol–water partition coefficient (Wildman–Crippen LogP) is 3.11. The van der Waals surface area contributed by atoms with Crippen LogP contribution < -0.4 is 0 Å². The van der Waals surface area contributed by atoms with Crippen LogP contribution in [0.4, 0.5) is 0 Å². The van der Waals surface area contributed by atoms with Crippen LogP contribution in [0.15, 0.2) is 12.2 Å². The molecule has 0 amide bonds. The van der Waals surface area contributed by atoms with E-state index < -0.39 is 23.4 Å². The van der Waals surface area contributed by atoms with Crippen LogP contribution in [0, 0.1) is 39.9 Å². The van der Waals surface area contributed by atoms with E-state index in [1.165, 1.54) is 19.8 Å². The molecule has 2 bridgehead atoms. The second-order valence-corrected chi connectivity index (χ2v) is 9.91. The number of aliphatic hydroxyl groups excluding tert-OH is 1. The highest BCUT2D eigenvalue weighted by Gasteiger charge is 2.76. The third-order valence-electron chi connectivity index (χ3n) is 9.09. The van der Waals surface area contributed by atoms with E-state index in [2.05, 4.69) is 13.5 Å². The Balaban J connectivity index is 1.94. The molecule has 0 aromatic heterocycles. The summed E-state index contributed by atoms with van der Waals surface area (Å²) in [7, 11) is 2.80. The van der Waals surface area contributed by atoms with E-state index in [0.29, 0.717) is 18.3 Å². The predicted molar refractivity (Wildman–Crippen MR) is 99.5 cm³/mol. The van der Waals surface area contributed by atoms with Gasteiger partial charge in [-0.1, -0.05) is 19.1 Å². The molecule has 5 heteroatoms. The average molecular weight is 376 g/mol. The van der Waals surface area contributed by atoms with Crippen molar-refractivity contribution >= 4 is 11.9 Å². The van der Waals surface area contributed by atoms with Crippen LogP contribution in [-0.4, -0.2) is 37.4 Å². The molecule has 4 rings (SSSR count). The summed E-state index contributed by atoms with van der Waals surface area (Å²) < 4.78 is 10.5. The first-order valence-electron chi connectivity index (χ1n) is 10.2. The van der Waals surface area contributed by atoms with Gasteiger partial charge in [-0.25, -0.2) is 0 Å². The summed E-state index contributed by atoms with van der Waals surface area (Å²) in [5.41, 5.74) is -0.261. The Bertz CT molecular complexity index is 701. The molecule has 0 aromatic carbocycles. The second kappa shape index (κ2) is 5.82. The number of rotatable bonds is 2. The van der Waals surface area contributed by atoms with Crippen molar-refractivity contribution in [1.82, 2.24) is 0 Å². The first kappa shape index (κ1) is 19.0. The van der Waals surface area contributed by atoms with Crippen molar-refractivity contribution in [3.05, 3.63) is 12.2 Å².